The van der Waals surface area contributed by atoms with Crippen LogP contribution in [-0.4, -0.2) is 217 Å². The van der Waals surface area contributed by atoms with Gasteiger partial charge in [0.15, 0.2) is 18.9 Å². The maximum absolute atomic E-state index is 12.2. The highest BCUT2D eigenvalue weighted by Crippen LogP contribution is 2.33. The molecule has 9 unspecified atom stereocenters. The Morgan fingerprint density at radius 2 is 0.961 bits per heavy atom. The molecule has 0 aliphatic carbocycles. The number of aliphatic hydroxyl groups excluding tert-OH is 11. The molecule has 0 saturated carbocycles. The summed E-state index contributed by atoms with van der Waals surface area (Å²) >= 11 is 0. The number of ether oxygens (including phenoxy) is 7. The zero-order valence-corrected chi connectivity index (χ0v) is 28.0. The molecule has 22 nitrogen and oxygen atoms in total. The smallest absolute Gasteiger partial charge is 0.217 e. The van der Waals surface area contributed by atoms with E-state index in [4.69, 9.17) is 33.2 Å². The van der Waals surface area contributed by atoms with Crippen molar-refractivity contribution in [1.82, 2.24) is 10.6 Å². The van der Waals surface area contributed by atoms with Gasteiger partial charge in [0.05, 0.1) is 38.6 Å². The predicted molar refractivity (Wildman–Crippen MR) is 161 cm³/mol. The van der Waals surface area contributed by atoms with Gasteiger partial charge in [-0.25, -0.2) is 0 Å². The predicted octanol–water partition coefficient (Wildman–Crippen LogP) is -8.39. The summed E-state index contributed by atoms with van der Waals surface area (Å²) < 4.78 is 39.6. The van der Waals surface area contributed by atoms with Gasteiger partial charge in [-0.05, 0) is 6.92 Å². The van der Waals surface area contributed by atoms with Crippen molar-refractivity contribution in [1.29, 1.82) is 0 Å². The molecule has 20 atom stereocenters. The van der Waals surface area contributed by atoms with Crippen LogP contribution in [0.2, 0.25) is 0 Å². The molecular formula is C29H50N2O20. The van der Waals surface area contributed by atoms with E-state index in [0.29, 0.717) is 0 Å². The Kier molecular flexibility index (Phi) is 14.8. The number of carbonyl (C=O) groups is 2. The number of hydrogen-bond acceptors (Lipinski definition) is 20. The number of aliphatic hydroxyl groups is 11. The SMILES string of the molecule is CC(=O)N[C@H]1C(O)[C@H](O[C@@H]2OC(CO[C@H]3OC(CO)[C@@H](O)C(O)[C@H]3O)[C@@H](O)C(O)C2O)C(CO)O[C@H]1O[C@@H]1C(CO)O[C@@H](C)[C@@H](NC(C)=O)C1O. The van der Waals surface area contributed by atoms with Crippen LogP contribution in [0.5, 0.6) is 0 Å². The Balaban J connectivity index is 1.50. The summed E-state index contributed by atoms with van der Waals surface area (Å²) in [6.45, 7) is 0.927. The summed E-state index contributed by atoms with van der Waals surface area (Å²) in [4.78, 5) is 24.0. The van der Waals surface area contributed by atoms with E-state index >= 15 is 0 Å². The maximum atomic E-state index is 12.2. The van der Waals surface area contributed by atoms with E-state index in [0.717, 1.165) is 6.92 Å². The van der Waals surface area contributed by atoms with Crippen LogP contribution in [0, 0.1) is 0 Å². The fourth-order valence-corrected chi connectivity index (χ4v) is 6.50. The van der Waals surface area contributed by atoms with Gasteiger partial charge in [-0.1, -0.05) is 0 Å². The molecule has 2 amide bonds. The van der Waals surface area contributed by atoms with Gasteiger partial charge >= 0.3 is 0 Å². The minimum Gasteiger partial charge on any atom is -0.394 e. The summed E-state index contributed by atoms with van der Waals surface area (Å²) in [5.74, 6) is -1.19. The summed E-state index contributed by atoms with van der Waals surface area (Å²) in [6.07, 6.45) is -28.8. The minimum absolute atomic E-state index is 0.496. The van der Waals surface area contributed by atoms with E-state index in [2.05, 4.69) is 10.6 Å². The van der Waals surface area contributed by atoms with Gasteiger partial charge in [-0.3, -0.25) is 9.59 Å². The van der Waals surface area contributed by atoms with E-state index in [9.17, 15) is 65.8 Å². The van der Waals surface area contributed by atoms with Crippen molar-refractivity contribution in [2.24, 2.45) is 0 Å². The Hall–Kier alpha value is -1.78. The highest BCUT2D eigenvalue weighted by atomic mass is 16.8. The zero-order valence-electron chi connectivity index (χ0n) is 28.0. The molecule has 22 heteroatoms. The third kappa shape index (κ3) is 9.30. The molecular weight excluding hydrogens is 696 g/mol. The lowest BCUT2D eigenvalue weighted by molar-refractivity contribution is -0.363. The van der Waals surface area contributed by atoms with Gasteiger partial charge in [0.1, 0.15) is 91.5 Å². The van der Waals surface area contributed by atoms with Crippen LogP contribution in [0.15, 0.2) is 0 Å². The van der Waals surface area contributed by atoms with Crippen LogP contribution in [0.4, 0.5) is 0 Å². The molecule has 4 fully saturated rings. The zero-order chi connectivity index (χ0) is 37.9. The summed E-state index contributed by atoms with van der Waals surface area (Å²) in [5, 5.41) is 119. The molecule has 296 valence electrons. The summed E-state index contributed by atoms with van der Waals surface area (Å²) in [6, 6.07) is -2.51. The van der Waals surface area contributed by atoms with Gasteiger partial charge in [0.25, 0.3) is 0 Å². The largest absolute Gasteiger partial charge is 0.394 e. The van der Waals surface area contributed by atoms with E-state index < -0.39 is 161 Å². The Morgan fingerprint density at radius 1 is 0.529 bits per heavy atom. The lowest BCUT2D eigenvalue weighted by Crippen LogP contribution is -2.70. The lowest BCUT2D eigenvalue weighted by atomic mass is 9.92. The molecule has 0 radical (unpaired) electrons. The van der Waals surface area contributed by atoms with Crippen molar-refractivity contribution in [2.75, 3.05) is 26.4 Å². The Bertz CT molecular complexity index is 1140. The lowest BCUT2D eigenvalue weighted by Gasteiger charge is -2.49. The topological polar surface area (TPSA) is 345 Å². The van der Waals surface area contributed by atoms with Gasteiger partial charge in [-0.2, -0.15) is 0 Å². The first kappa shape index (κ1) is 42.0. The molecule has 4 saturated heterocycles. The second-order valence-corrected chi connectivity index (χ2v) is 13.0. The molecule has 0 spiro atoms. The number of hydrogen-bond donors (Lipinski definition) is 13. The standard InChI is InChI=1S/C29H50N2O20/c1-8-15(30-9(2)35)19(39)25(12(5-33)46-8)50-27-16(31-10(3)36)20(40)26(13(6-34)48-27)51-29-24(44)22(42)18(38)14(49-29)7-45-28-23(43)21(41)17(37)11(4-32)47-28/h8,11-29,32-34,37-44H,4-7H2,1-3H3,(H,30,35)(H,31,36)/t8-,11?,12?,13?,14?,15+,16-,17+,18+,19?,20?,21?,22?,23+,24?,25+,26+,27-,28-,29-/m0/s1. The molecule has 4 aliphatic heterocycles. The molecule has 4 aliphatic rings. The van der Waals surface area contributed by atoms with E-state index in [1.165, 1.54) is 6.92 Å². The molecule has 13 N–H and O–H groups in total. The first-order valence-corrected chi connectivity index (χ1v) is 16.4. The van der Waals surface area contributed by atoms with Gasteiger partial charge in [-0.15, -0.1) is 0 Å². The second-order valence-electron chi connectivity index (χ2n) is 13.0. The normalized spacial score (nSPS) is 47.8. The number of nitrogens with one attached hydrogen (secondary N) is 2. The molecule has 51 heavy (non-hydrogen) atoms. The third-order valence-corrected chi connectivity index (χ3v) is 9.26. The van der Waals surface area contributed by atoms with Crippen LogP contribution in [0.3, 0.4) is 0 Å². The van der Waals surface area contributed by atoms with Crippen molar-refractivity contribution >= 4 is 11.8 Å². The van der Waals surface area contributed by atoms with Crippen molar-refractivity contribution in [3.05, 3.63) is 0 Å². The average Bonchev–Trinajstić information content (AvgIpc) is 3.09. The fraction of sp³-hybridized carbons (Fsp3) is 0.931. The van der Waals surface area contributed by atoms with Crippen molar-refractivity contribution in [3.63, 3.8) is 0 Å². The number of carbonyl (C=O) groups excluding carboxylic acids is 2. The molecule has 0 aromatic rings. The highest BCUT2D eigenvalue weighted by Gasteiger charge is 2.54. The van der Waals surface area contributed by atoms with Gasteiger partial charge in [0, 0.05) is 13.8 Å². The molecule has 4 rings (SSSR count). The van der Waals surface area contributed by atoms with Gasteiger partial charge < -0.3 is 100.0 Å². The van der Waals surface area contributed by atoms with Crippen LogP contribution in [-0.2, 0) is 42.7 Å². The second kappa shape index (κ2) is 18.0. The van der Waals surface area contributed by atoms with E-state index in [1.807, 2.05) is 0 Å². The Labute approximate surface area is 291 Å². The number of rotatable bonds is 12. The minimum atomic E-state index is -1.98. The van der Waals surface area contributed by atoms with E-state index in [-0.39, 0.29) is 0 Å². The first-order valence-electron chi connectivity index (χ1n) is 16.4. The van der Waals surface area contributed by atoms with Crippen molar-refractivity contribution in [3.8, 4) is 0 Å². The molecule has 0 bridgehead atoms. The monoisotopic (exact) mass is 746 g/mol. The molecule has 0 aromatic heterocycles. The van der Waals surface area contributed by atoms with Crippen LogP contribution in [0.1, 0.15) is 20.8 Å². The molecule has 4 heterocycles. The Morgan fingerprint density at radius 3 is 1.51 bits per heavy atom. The van der Waals surface area contributed by atoms with Crippen LogP contribution >= 0.6 is 0 Å². The van der Waals surface area contributed by atoms with Crippen LogP contribution in [0.25, 0.3) is 0 Å². The maximum Gasteiger partial charge on any atom is 0.217 e. The molecule has 0 aromatic carbocycles. The highest BCUT2D eigenvalue weighted by molar-refractivity contribution is 5.73. The van der Waals surface area contributed by atoms with Crippen LogP contribution < -0.4 is 10.6 Å². The fourth-order valence-electron chi connectivity index (χ4n) is 6.50. The van der Waals surface area contributed by atoms with Crippen molar-refractivity contribution in [2.45, 2.75) is 143 Å². The first-order chi connectivity index (χ1) is 24.0. The summed E-state index contributed by atoms with van der Waals surface area (Å²) in [7, 11) is 0. The van der Waals surface area contributed by atoms with E-state index in [1.54, 1.807) is 6.92 Å². The quantitative estimate of drug-likeness (QED) is 0.0881. The number of amides is 2. The van der Waals surface area contributed by atoms with Crippen molar-refractivity contribution < 1.29 is 98.9 Å². The summed E-state index contributed by atoms with van der Waals surface area (Å²) in [5.41, 5.74) is 0. The average molecular weight is 747 g/mol. The third-order valence-electron chi connectivity index (χ3n) is 9.26. The van der Waals surface area contributed by atoms with Gasteiger partial charge in [0.2, 0.25) is 11.8 Å².